The van der Waals surface area contributed by atoms with Gasteiger partial charge in [0.15, 0.2) is 0 Å². The molecule has 0 aromatic heterocycles. The molecule has 0 spiro atoms. The Morgan fingerprint density at radius 3 is 2.20 bits per heavy atom. The van der Waals surface area contributed by atoms with Crippen LogP contribution in [0.1, 0.15) is 21.9 Å². The molecule has 2 heteroatoms. The van der Waals surface area contributed by atoms with Crippen LogP contribution >= 0.6 is 0 Å². The van der Waals surface area contributed by atoms with E-state index >= 15 is 0 Å². The Morgan fingerprint density at radius 1 is 1.40 bits per heavy atom. The van der Waals surface area contributed by atoms with Crippen molar-refractivity contribution in [2.24, 2.45) is 0 Å². The lowest BCUT2D eigenvalue weighted by molar-refractivity contribution is 0.143. The second-order valence-electron chi connectivity index (χ2n) is 3.21. The van der Waals surface area contributed by atoms with E-state index in [9.17, 15) is 5.11 Å². The molecule has 0 aliphatic heterocycles. The van der Waals surface area contributed by atoms with Gasteiger partial charge in [0.1, 0.15) is 13.7 Å². The molecule has 0 unspecified atom stereocenters. The highest BCUT2D eigenvalue weighted by atomic mass is 28.3. The van der Waals surface area contributed by atoms with Crippen molar-refractivity contribution in [2.75, 3.05) is 0 Å². The third kappa shape index (κ3) is 7.74. The Balaban J connectivity index is 5.54. The lowest BCUT2D eigenvalue weighted by Crippen LogP contribution is -2.21. The van der Waals surface area contributed by atoms with Gasteiger partial charge in [0.2, 0.25) is 0 Å². The predicted octanol–water partition coefficient (Wildman–Crippen LogP) is 1.64. The van der Waals surface area contributed by atoms with Crippen molar-refractivity contribution in [2.45, 2.75) is 38.9 Å². The first-order valence-electron chi connectivity index (χ1n) is 5.97. The molecule has 0 fully saturated rings. The Kier molecular flexibility index (Phi) is 0.948. The van der Waals surface area contributed by atoms with Gasteiger partial charge in [-0.1, -0.05) is 25.6 Å². The Bertz CT molecular complexity index is 299. The fraction of sp³-hybridized carbons (Fsp3) is 0.750. The molecular weight excluding hydrogens is 140 g/mol. The number of hydrogen-bond acceptors (Lipinski definition) is 1. The molecule has 0 aliphatic carbocycles. The van der Waals surface area contributed by atoms with Gasteiger partial charge in [0, 0.05) is 8.22 Å². The molecule has 0 saturated heterocycles. The molecule has 0 heterocycles. The molecule has 0 rings (SSSR count). The molecule has 0 saturated carbocycles. The van der Waals surface area contributed by atoms with Crippen LogP contribution in [-0.4, -0.2) is 18.8 Å². The van der Waals surface area contributed by atoms with E-state index in [4.69, 9.17) is 8.22 Å². The van der Waals surface area contributed by atoms with Crippen LogP contribution in [0.15, 0.2) is 0 Å². The zero-order valence-corrected chi connectivity index (χ0v) is 7.45. The summed E-state index contributed by atoms with van der Waals surface area (Å²) in [6.07, 6.45) is 0. The van der Waals surface area contributed by atoms with Gasteiger partial charge in [-0.3, -0.25) is 0 Å². The summed E-state index contributed by atoms with van der Waals surface area (Å²) in [5.74, 6) is 2.06. The smallest absolute Gasteiger partial charge is 0.129 e. The van der Waals surface area contributed by atoms with Gasteiger partial charge in [-0.2, -0.15) is 0 Å². The van der Waals surface area contributed by atoms with Crippen LogP contribution in [0.2, 0.25) is 19.6 Å². The Hall–Kier alpha value is -0.263. The highest BCUT2D eigenvalue weighted by Crippen LogP contribution is 2.01. The third-order valence-corrected chi connectivity index (χ3v) is 1.49. The van der Waals surface area contributed by atoms with Crippen molar-refractivity contribution in [3.05, 3.63) is 0 Å². The van der Waals surface area contributed by atoms with Gasteiger partial charge < -0.3 is 5.11 Å². The van der Waals surface area contributed by atoms with Gasteiger partial charge in [0.25, 0.3) is 0 Å². The van der Waals surface area contributed by atoms with Crippen LogP contribution in [0, 0.1) is 11.5 Å². The van der Waals surface area contributed by atoms with Crippen molar-refractivity contribution < 1.29 is 13.3 Å². The Morgan fingerprint density at radius 2 is 1.90 bits per heavy atom. The van der Waals surface area contributed by atoms with Gasteiger partial charge in [-0.25, -0.2) is 0 Å². The van der Waals surface area contributed by atoms with Gasteiger partial charge in [0.05, 0.1) is 0 Å². The molecule has 58 valence electrons. The molecule has 1 N–H and O–H groups in total. The minimum atomic E-state index is -3.05. The largest absolute Gasteiger partial charge is 0.378 e. The van der Waals surface area contributed by atoms with E-state index in [0.717, 1.165) is 0 Å². The van der Waals surface area contributed by atoms with Crippen molar-refractivity contribution >= 4 is 8.07 Å². The number of aliphatic hydroxyl groups is 1. The van der Waals surface area contributed by atoms with Crippen molar-refractivity contribution in [3.63, 3.8) is 0 Å². The molecular formula is C8H16OSi. The zero-order chi connectivity index (χ0) is 13.4. The monoisotopic (exact) mass is 162 g/mol. The maximum absolute atomic E-state index is 9.77. The minimum absolute atomic E-state index is 1.83. The minimum Gasteiger partial charge on any atom is -0.378 e. The normalized spacial score (nSPS) is 23.6. The van der Waals surface area contributed by atoms with E-state index in [0.29, 0.717) is 0 Å². The van der Waals surface area contributed by atoms with E-state index in [-0.39, 0.29) is 0 Å². The van der Waals surface area contributed by atoms with Crippen LogP contribution in [0.5, 0.6) is 0 Å². The lowest BCUT2D eigenvalue weighted by atomic mass is 10.2. The van der Waals surface area contributed by atoms with Crippen molar-refractivity contribution in [3.8, 4) is 11.5 Å². The van der Waals surface area contributed by atoms with E-state index in [1.807, 2.05) is 19.6 Å². The first kappa shape index (κ1) is 3.42. The molecule has 0 atom stereocenters. The molecule has 0 bridgehead atoms. The highest BCUT2D eigenvalue weighted by molar-refractivity contribution is 6.83. The van der Waals surface area contributed by atoms with E-state index < -0.39 is 27.4 Å². The molecule has 0 amide bonds. The third-order valence-electron chi connectivity index (χ3n) is 0.618. The fourth-order valence-electron chi connectivity index (χ4n) is 0.278. The average Bonchev–Trinajstić information content (AvgIpc) is 1.93. The van der Waals surface area contributed by atoms with Crippen LogP contribution in [0.25, 0.3) is 0 Å². The maximum Gasteiger partial charge on any atom is 0.129 e. The zero-order valence-electron chi connectivity index (χ0n) is 12.4. The summed E-state index contributed by atoms with van der Waals surface area (Å²) in [6, 6.07) is 0. The topological polar surface area (TPSA) is 20.2 Å². The molecule has 0 aromatic carbocycles. The van der Waals surface area contributed by atoms with Crippen LogP contribution in [-0.2, 0) is 0 Å². The van der Waals surface area contributed by atoms with Crippen LogP contribution in [0.4, 0.5) is 0 Å². The first-order valence-corrected chi connectivity index (χ1v) is 6.47. The van der Waals surface area contributed by atoms with Crippen LogP contribution in [0.3, 0.4) is 0 Å². The van der Waals surface area contributed by atoms with E-state index in [2.05, 4.69) is 11.5 Å². The number of hydrogen-bond donors (Lipinski definition) is 1. The van der Waals surface area contributed by atoms with Gasteiger partial charge in [-0.05, 0) is 13.7 Å². The summed E-state index contributed by atoms with van der Waals surface area (Å²) >= 11 is 0. The summed E-state index contributed by atoms with van der Waals surface area (Å²) < 4.78 is 42.5. The van der Waals surface area contributed by atoms with Crippen LogP contribution < -0.4 is 0 Å². The summed E-state index contributed by atoms with van der Waals surface area (Å²) in [5, 5.41) is 9.77. The second kappa shape index (κ2) is 2.77. The average molecular weight is 162 g/mol. The quantitative estimate of drug-likeness (QED) is 0.424. The summed E-state index contributed by atoms with van der Waals surface area (Å²) in [6.45, 7) is -0.603. The molecule has 10 heavy (non-hydrogen) atoms. The fourth-order valence-corrected chi connectivity index (χ4v) is 0.834. The first-order chi connectivity index (χ1) is 6.71. The van der Waals surface area contributed by atoms with Gasteiger partial charge in [-0.15, -0.1) is 5.54 Å². The maximum atomic E-state index is 9.77. The summed E-state index contributed by atoms with van der Waals surface area (Å²) in [5.41, 5.74) is -0.350. The molecule has 0 aliphatic rings. The molecule has 0 radical (unpaired) electrons. The summed E-state index contributed by atoms with van der Waals surface area (Å²) in [7, 11) is -1.95. The summed E-state index contributed by atoms with van der Waals surface area (Å²) in [4.78, 5) is 0. The number of rotatable bonds is 0. The highest BCUT2D eigenvalue weighted by Gasteiger charge is 2.11. The predicted molar refractivity (Wildman–Crippen MR) is 47.4 cm³/mol. The van der Waals surface area contributed by atoms with Gasteiger partial charge >= 0.3 is 0 Å². The Labute approximate surface area is 72.9 Å². The van der Waals surface area contributed by atoms with Crippen molar-refractivity contribution in [1.29, 1.82) is 0 Å². The van der Waals surface area contributed by atoms with E-state index in [1.165, 1.54) is 0 Å². The molecule has 1 nitrogen and oxygen atoms in total. The standard InChI is InChI=1S/C8H16OSi/c1-8(2,9)6-7-10(3,4)5/h9H,1-5H3/i1D3,2D3. The molecule has 0 aromatic rings. The van der Waals surface area contributed by atoms with Crippen molar-refractivity contribution in [1.82, 2.24) is 0 Å². The van der Waals surface area contributed by atoms with E-state index in [1.54, 1.807) is 0 Å². The second-order valence-corrected chi connectivity index (χ2v) is 7.96. The SMILES string of the molecule is [2H]C([2H])([2H])C(O)(C#C[Si](C)(C)C)C([2H])([2H])[2H]. The lowest BCUT2D eigenvalue weighted by Gasteiger charge is -2.09.